The smallest absolute Gasteiger partial charge is 0.262 e. The van der Waals surface area contributed by atoms with Gasteiger partial charge in [-0.05, 0) is 69.2 Å². The molecule has 7 nitrogen and oxygen atoms in total. The van der Waals surface area contributed by atoms with Crippen LogP contribution in [-0.2, 0) is 16.4 Å². The van der Waals surface area contributed by atoms with E-state index in [0.717, 1.165) is 33.2 Å². The Labute approximate surface area is 186 Å². The van der Waals surface area contributed by atoms with E-state index in [1.807, 2.05) is 45.0 Å². The number of aryl methyl sites for hydroxylation is 4. The van der Waals surface area contributed by atoms with Gasteiger partial charge in [0.1, 0.15) is 10.9 Å². The van der Waals surface area contributed by atoms with Crippen LogP contribution in [0.15, 0.2) is 63.3 Å². The number of hydrogen-bond acceptors (Lipinski definition) is 6. The molecular weight excluding hydrogens is 430 g/mol. The van der Waals surface area contributed by atoms with Crippen molar-refractivity contribution in [3.8, 4) is 0 Å². The predicted molar refractivity (Wildman–Crippen MR) is 122 cm³/mol. The number of aromatic nitrogens is 4. The molecule has 0 saturated carbocycles. The summed E-state index contributed by atoms with van der Waals surface area (Å²) in [4.78, 5) is 10.1. The maximum atomic E-state index is 12.8. The summed E-state index contributed by atoms with van der Waals surface area (Å²) in [5.41, 5.74) is 3.20. The summed E-state index contributed by atoms with van der Waals surface area (Å²) in [6, 6.07) is 14.6. The van der Waals surface area contributed by atoms with Gasteiger partial charge in [0.25, 0.3) is 15.8 Å². The normalized spacial score (nSPS) is 11.7. The fourth-order valence-corrected chi connectivity index (χ4v) is 5.47. The third kappa shape index (κ3) is 4.57. The number of hydrogen-bond donors (Lipinski definition) is 1. The van der Waals surface area contributed by atoms with Gasteiger partial charge in [0.15, 0.2) is 0 Å². The molecule has 0 bridgehead atoms. The lowest BCUT2D eigenvalue weighted by atomic mass is 10.2. The molecule has 0 saturated heterocycles. The summed E-state index contributed by atoms with van der Waals surface area (Å²) in [5, 5.41) is 5.34. The number of fused-ring (bicyclic) bond motifs is 1. The fraction of sp³-hybridized carbons (Fsp3) is 0.227. The van der Waals surface area contributed by atoms with Crippen molar-refractivity contribution in [3.63, 3.8) is 0 Å². The van der Waals surface area contributed by atoms with E-state index in [2.05, 4.69) is 19.8 Å². The Morgan fingerprint density at radius 2 is 1.74 bits per heavy atom. The van der Waals surface area contributed by atoms with Gasteiger partial charge in [-0.3, -0.25) is 4.72 Å². The van der Waals surface area contributed by atoms with Crippen LogP contribution in [0.5, 0.6) is 0 Å². The second-order valence-corrected chi connectivity index (χ2v) is 10.1. The van der Waals surface area contributed by atoms with Crippen molar-refractivity contribution in [2.45, 2.75) is 48.9 Å². The van der Waals surface area contributed by atoms with Crippen molar-refractivity contribution >= 4 is 33.3 Å². The van der Waals surface area contributed by atoms with E-state index in [0.29, 0.717) is 17.3 Å². The zero-order valence-electron chi connectivity index (χ0n) is 17.7. The van der Waals surface area contributed by atoms with Crippen molar-refractivity contribution in [1.29, 1.82) is 0 Å². The highest BCUT2D eigenvalue weighted by molar-refractivity contribution is 7.99. The Kier molecular flexibility index (Phi) is 5.72. The SMILES string of the molecule is CCc1cc(Sc2ccc(NS(=O)(=O)c3ccc(C)cc3C)cc2)n2nc(C)nc2n1. The summed E-state index contributed by atoms with van der Waals surface area (Å²) in [6.45, 7) is 7.62. The molecule has 1 N–H and O–H groups in total. The van der Waals surface area contributed by atoms with Gasteiger partial charge in [0, 0.05) is 16.3 Å². The molecule has 2 heterocycles. The molecule has 0 aliphatic rings. The minimum atomic E-state index is -3.66. The highest BCUT2D eigenvalue weighted by Gasteiger charge is 2.17. The van der Waals surface area contributed by atoms with Crippen LogP contribution >= 0.6 is 11.8 Å². The first-order valence-corrected chi connectivity index (χ1v) is 12.2. The monoisotopic (exact) mass is 453 g/mol. The third-order valence-corrected chi connectivity index (χ3v) is 7.30. The van der Waals surface area contributed by atoms with E-state index in [-0.39, 0.29) is 4.90 Å². The van der Waals surface area contributed by atoms with Crippen molar-refractivity contribution in [3.05, 3.63) is 71.2 Å². The van der Waals surface area contributed by atoms with Gasteiger partial charge < -0.3 is 0 Å². The van der Waals surface area contributed by atoms with Crippen LogP contribution in [0.2, 0.25) is 0 Å². The predicted octanol–water partition coefficient (Wildman–Crippen LogP) is 4.56. The summed E-state index contributed by atoms with van der Waals surface area (Å²) in [7, 11) is -3.66. The van der Waals surface area contributed by atoms with Crippen molar-refractivity contribution in [2.24, 2.45) is 0 Å². The molecule has 0 aliphatic carbocycles. The lowest BCUT2D eigenvalue weighted by Gasteiger charge is -2.11. The zero-order valence-corrected chi connectivity index (χ0v) is 19.4. The van der Waals surface area contributed by atoms with Crippen molar-refractivity contribution in [1.82, 2.24) is 19.6 Å². The quantitative estimate of drug-likeness (QED) is 0.430. The first kappa shape index (κ1) is 21.3. The molecule has 0 amide bonds. The minimum Gasteiger partial charge on any atom is -0.280 e. The summed E-state index contributed by atoms with van der Waals surface area (Å²) in [5.74, 6) is 1.25. The lowest BCUT2D eigenvalue weighted by molar-refractivity contribution is 0.600. The molecule has 0 atom stereocenters. The Morgan fingerprint density at radius 3 is 2.42 bits per heavy atom. The number of nitrogens with one attached hydrogen (secondary N) is 1. The molecule has 160 valence electrons. The first-order valence-electron chi connectivity index (χ1n) is 9.86. The number of nitrogens with zero attached hydrogens (tertiary/aromatic N) is 4. The maximum Gasteiger partial charge on any atom is 0.262 e. The summed E-state index contributed by atoms with van der Waals surface area (Å²) < 4.78 is 30.0. The van der Waals surface area contributed by atoms with E-state index < -0.39 is 10.0 Å². The Bertz CT molecular complexity index is 1360. The fourth-order valence-electron chi connectivity index (χ4n) is 3.27. The second-order valence-electron chi connectivity index (χ2n) is 7.31. The number of rotatable bonds is 6. The molecule has 2 aromatic heterocycles. The second kappa shape index (κ2) is 8.32. The first-order chi connectivity index (χ1) is 14.7. The van der Waals surface area contributed by atoms with E-state index >= 15 is 0 Å². The molecule has 9 heteroatoms. The van der Waals surface area contributed by atoms with Crippen LogP contribution in [0.25, 0.3) is 5.78 Å². The van der Waals surface area contributed by atoms with Crippen LogP contribution in [-0.4, -0.2) is 28.0 Å². The average Bonchev–Trinajstić information content (AvgIpc) is 3.09. The van der Waals surface area contributed by atoms with Crippen LogP contribution in [0.1, 0.15) is 29.6 Å². The van der Waals surface area contributed by atoms with E-state index in [4.69, 9.17) is 0 Å². The van der Waals surface area contributed by atoms with Crippen molar-refractivity contribution < 1.29 is 8.42 Å². The van der Waals surface area contributed by atoms with Gasteiger partial charge in [-0.1, -0.05) is 36.4 Å². The number of sulfonamides is 1. The molecule has 0 unspecified atom stereocenters. The van der Waals surface area contributed by atoms with Crippen LogP contribution in [0, 0.1) is 20.8 Å². The molecule has 31 heavy (non-hydrogen) atoms. The highest BCUT2D eigenvalue weighted by Crippen LogP contribution is 2.30. The summed E-state index contributed by atoms with van der Waals surface area (Å²) in [6.07, 6.45) is 0.801. The van der Waals surface area contributed by atoms with Gasteiger partial charge in [0.2, 0.25) is 0 Å². The van der Waals surface area contributed by atoms with Crippen molar-refractivity contribution in [2.75, 3.05) is 4.72 Å². The van der Waals surface area contributed by atoms with E-state index in [1.54, 1.807) is 35.7 Å². The van der Waals surface area contributed by atoms with Gasteiger partial charge in [-0.25, -0.2) is 13.4 Å². The van der Waals surface area contributed by atoms with Gasteiger partial charge in [-0.15, -0.1) is 5.10 Å². The third-order valence-electron chi connectivity index (χ3n) is 4.75. The average molecular weight is 454 g/mol. The van der Waals surface area contributed by atoms with Gasteiger partial charge >= 0.3 is 0 Å². The number of benzene rings is 2. The largest absolute Gasteiger partial charge is 0.280 e. The molecule has 2 aromatic carbocycles. The van der Waals surface area contributed by atoms with Gasteiger partial charge in [0.05, 0.1) is 4.90 Å². The zero-order chi connectivity index (χ0) is 22.2. The molecule has 0 aliphatic heterocycles. The molecule has 4 rings (SSSR count). The Hall–Kier alpha value is -2.91. The molecular formula is C22H23N5O2S2. The topological polar surface area (TPSA) is 89.2 Å². The van der Waals surface area contributed by atoms with Gasteiger partial charge in [-0.2, -0.15) is 9.50 Å². The molecule has 4 aromatic rings. The Balaban J connectivity index is 1.57. The van der Waals surface area contributed by atoms with Crippen LogP contribution in [0.4, 0.5) is 5.69 Å². The van der Waals surface area contributed by atoms with Crippen LogP contribution < -0.4 is 4.72 Å². The standard InChI is InChI=1S/C22H23N5O2S2/c1-5-17-13-21(27-22(24-17)23-16(4)25-27)30-19-9-7-18(8-10-19)26-31(28,29)20-11-6-14(2)12-15(20)3/h6-13,26H,5H2,1-4H3. The lowest BCUT2D eigenvalue weighted by Crippen LogP contribution is -2.14. The van der Waals surface area contributed by atoms with E-state index in [9.17, 15) is 8.42 Å². The van der Waals surface area contributed by atoms with Crippen LogP contribution in [0.3, 0.4) is 0 Å². The molecule has 0 fully saturated rings. The minimum absolute atomic E-state index is 0.282. The number of anilines is 1. The maximum absolute atomic E-state index is 12.8. The molecule has 0 spiro atoms. The van der Waals surface area contributed by atoms with E-state index in [1.165, 1.54) is 11.8 Å². The Morgan fingerprint density at radius 1 is 1.00 bits per heavy atom. The highest BCUT2D eigenvalue weighted by atomic mass is 32.2. The summed E-state index contributed by atoms with van der Waals surface area (Å²) >= 11 is 1.53. The molecule has 0 radical (unpaired) electrons.